The molecule has 3 aromatic carbocycles. The number of benzene rings is 3. The SMILES string of the molecule is O=C(Nc1cccc(C#Cc2ccccc2)c1)c1ccc(OCc2cscn2)cc1. The summed E-state index contributed by atoms with van der Waals surface area (Å²) in [6.45, 7) is 0.409. The number of hydrogen-bond donors (Lipinski definition) is 1. The van der Waals surface area contributed by atoms with Crippen molar-refractivity contribution >= 4 is 22.9 Å². The average molecular weight is 410 g/mol. The van der Waals surface area contributed by atoms with Crippen molar-refractivity contribution in [3.8, 4) is 17.6 Å². The van der Waals surface area contributed by atoms with Gasteiger partial charge >= 0.3 is 0 Å². The van der Waals surface area contributed by atoms with E-state index in [1.807, 2.05) is 60.0 Å². The van der Waals surface area contributed by atoms with Gasteiger partial charge < -0.3 is 10.1 Å². The van der Waals surface area contributed by atoms with Crippen molar-refractivity contribution in [2.75, 3.05) is 5.32 Å². The molecule has 0 bridgehead atoms. The highest BCUT2D eigenvalue weighted by Gasteiger charge is 2.07. The molecule has 0 unspecified atom stereocenters. The molecule has 1 amide bonds. The van der Waals surface area contributed by atoms with E-state index < -0.39 is 0 Å². The van der Waals surface area contributed by atoms with Crippen molar-refractivity contribution in [2.24, 2.45) is 0 Å². The maximum absolute atomic E-state index is 12.6. The number of hydrogen-bond acceptors (Lipinski definition) is 4. The summed E-state index contributed by atoms with van der Waals surface area (Å²) in [4.78, 5) is 16.7. The maximum Gasteiger partial charge on any atom is 0.255 e. The number of thiazole rings is 1. The highest BCUT2D eigenvalue weighted by Crippen LogP contribution is 2.16. The summed E-state index contributed by atoms with van der Waals surface area (Å²) in [6.07, 6.45) is 0. The highest BCUT2D eigenvalue weighted by molar-refractivity contribution is 7.07. The molecule has 0 aliphatic heterocycles. The van der Waals surface area contributed by atoms with Gasteiger partial charge in [0.25, 0.3) is 5.91 Å². The van der Waals surface area contributed by atoms with Gasteiger partial charge in [-0.3, -0.25) is 4.79 Å². The van der Waals surface area contributed by atoms with E-state index in [0.29, 0.717) is 23.6 Å². The molecule has 0 atom stereocenters. The van der Waals surface area contributed by atoms with Crippen LogP contribution in [0.1, 0.15) is 27.2 Å². The molecule has 0 fully saturated rings. The van der Waals surface area contributed by atoms with Crippen molar-refractivity contribution in [2.45, 2.75) is 6.61 Å². The zero-order valence-corrected chi connectivity index (χ0v) is 16.9. The first-order valence-corrected chi connectivity index (χ1v) is 10.3. The molecule has 0 saturated carbocycles. The van der Waals surface area contributed by atoms with E-state index in [-0.39, 0.29) is 5.91 Å². The number of ether oxygens (including phenoxy) is 1. The van der Waals surface area contributed by atoms with Crippen molar-refractivity contribution in [1.29, 1.82) is 0 Å². The molecule has 0 saturated heterocycles. The van der Waals surface area contributed by atoms with E-state index in [4.69, 9.17) is 4.74 Å². The molecular weight excluding hydrogens is 392 g/mol. The Labute approximate surface area is 179 Å². The molecular formula is C25H18N2O2S. The Hall–Kier alpha value is -3.88. The lowest BCUT2D eigenvalue weighted by Crippen LogP contribution is -2.11. The summed E-state index contributed by atoms with van der Waals surface area (Å²) in [5.74, 6) is 6.75. The standard InChI is InChI=1S/C25H18N2O2S/c28-25(21-11-13-24(14-12-21)29-16-23-17-30-18-26-23)27-22-8-4-7-20(15-22)10-9-19-5-2-1-3-6-19/h1-8,11-15,17-18H,16H2,(H,27,28). The van der Waals surface area contributed by atoms with Crippen LogP contribution in [0.3, 0.4) is 0 Å². The van der Waals surface area contributed by atoms with Crippen molar-refractivity contribution in [3.63, 3.8) is 0 Å². The van der Waals surface area contributed by atoms with Gasteiger partial charge in [0, 0.05) is 27.8 Å². The predicted octanol–water partition coefficient (Wildman–Crippen LogP) is 5.37. The predicted molar refractivity (Wildman–Crippen MR) is 120 cm³/mol. The fourth-order valence-electron chi connectivity index (χ4n) is 2.71. The van der Waals surface area contributed by atoms with E-state index in [1.54, 1.807) is 29.8 Å². The van der Waals surface area contributed by atoms with Gasteiger partial charge in [0.2, 0.25) is 0 Å². The number of aromatic nitrogens is 1. The molecule has 146 valence electrons. The first-order valence-electron chi connectivity index (χ1n) is 9.35. The van der Waals surface area contributed by atoms with Gasteiger partial charge in [-0.05, 0) is 54.6 Å². The second-order valence-electron chi connectivity index (χ2n) is 6.44. The van der Waals surface area contributed by atoms with Gasteiger partial charge in [-0.1, -0.05) is 36.1 Å². The summed E-state index contributed by atoms with van der Waals surface area (Å²) in [5.41, 5.74) is 5.69. The number of anilines is 1. The average Bonchev–Trinajstić information content (AvgIpc) is 3.31. The Kier molecular flexibility index (Phi) is 6.19. The van der Waals surface area contributed by atoms with Crippen molar-refractivity contribution < 1.29 is 9.53 Å². The van der Waals surface area contributed by atoms with Crippen LogP contribution in [0.5, 0.6) is 5.75 Å². The second kappa shape index (κ2) is 9.55. The van der Waals surface area contributed by atoms with Crippen LogP contribution in [0.4, 0.5) is 5.69 Å². The number of nitrogens with one attached hydrogen (secondary N) is 1. The Bertz CT molecular complexity index is 1180. The van der Waals surface area contributed by atoms with Crippen molar-refractivity contribution in [3.05, 3.63) is 112 Å². The lowest BCUT2D eigenvalue weighted by atomic mass is 10.1. The summed E-state index contributed by atoms with van der Waals surface area (Å²) < 4.78 is 5.68. The Morgan fingerprint density at radius 3 is 2.47 bits per heavy atom. The molecule has 0 radical (unpaired) electrons. The lowest BCUT2D eigenvalue weighted by molar-refractivity contribution is 0.102. The zero-order valence-electron chi connectivity index (χ0n) is 16.0. The van der Waals surface area contributed by atoms with Crippen LogP contribution < -0.4 is 10.1 Å². The van der Waals surface area contributed by atoms with Crippen LogP contribution in [-0.4, -0.2) is 10.9 Å². The van der Waals surface area contributed by atoms with Gasteiger partial charge in [0.1, 0.15) is 12.4 Å². The maximum atomic E-state index is 12.6. The summed E-state index contributed by atoms with van der Waals surface area (Å²) in [5, 5.41) is 4.86. The fourth-order valence-corrected chi connectivity index (χ4v) is 3.26. The molecule has 30 heavy (non-hydrogen) atoms. The van der Waals surface area contributed by atoms with E-state index in [1.165, 1.54) is 11.3 Å². The molecule has 4 rings (SSSR count). The van der Waals surface area contributed by atoms with E-state index >= 15 is 0 Å². The molecule has 0 aliphatic carbocycles. The Morgan fingerprint density at radius 2 is 1.70 bits per heavy atom. The van der Waals surface area contributed by atoms with Gasteiger partial charge in [-0.2, -0.15) is 0 Å². The summed E-state index contributed by atoms with van der Waals surface area (Å²) in [7, 11) is 0. The lowest BCUT2D eigenvalue weighted by Gasteiger charge is -2.07. The van der Waals surface area contributed by atoms with Gasteiger partial charge in [-0.25, -0.2) is 4.98 Å². The molecule has 0 aliphatic rings. The Morgan fingerprint density at radius 1 is 0.933 bits per heavy atom. The number of rotatable bonds is 5. The molecule has 1 N–H and O–H groups in total. The number of carbonyl (C=O) groups excluding carboxylic acids is 1. The van der Waals surface area contributed by atoms with Crippen molar-refractivity contribution in [1.82, 2.24) is 4.98 Å². The fraction of sp³-hybridized carbons (Fsp3) is 0.0400. The van der Waals surface area contributed by atoms with Crippen LogP contribution in [0.15, 0.2) is 89.8 Å². The summed E-state index contributed by atoms with van der Waals surface area (Å²) in [6, 6.07) is 24.3. The molecule has 0 spiro atoms. The van der Waals surface area contributed by atoms with E-state index in [2.05, 4.69) is 22.1 Å². The number of amides is 1. The van der Waals surface area contributed by atoms with Gasteiger partial charge in [0.15, 0.2) is 0 Å². The number of nitrogens with zero attached hydrogens (tertiary/aromatic N) is 1. The van der Waals surface area contributed by atoms with Crippen LogP contribution >= 0.6 is 11.3 Å². The molecule has 4 nitrogen and oxygen atoms in total. The highest BCUT2D eigenvalue weighted by atomic mass is 32.1. The molecule has 1 heterocycles. The third kappa shape index (κ3) is 5.34. The second-order valence-corrected chi connectivity index (χ2v) is 7.16. The normalized spacial score (nSPS) is 10.0. The van der Waals surface area contributed by atoms with Crippen LogP contribution in [0.25, 0.3) is 0 Å². The third-order valence-corrected chi connectivity index (χ3v) is 4.87. The van der Waals surface area contributed by atoms with Crippen LogP contribution in [0.2, 0.25) is 0 Å². The number of carbonyl (C=O) groups is 1. The smallest absolute Gasteiger partial charge is 0.255 e. The molecule has 4 aromatic rings. The first-order chi connectivity index (χ1) is 14.8. The largest absolute Gasteiger partial charge is 0.487 e. The molecule has 5 heteroatoms. The summed E-state index contributed by atoms with van der Waals surface area (Å²) >= 11 is 1.53. The minimum Gasteiger partial charge on any atom is -0.487 e. The first kappa shape index (κ1) is 19.4. The van der Waals surface area contributed by atoms with Crippen LogP contribution in [-0.2, 0) is 6.61 Å². The minimum atomic E-state index is -0.186. The van der Waals surface area contributed by atoms with Crippen LogP contribution in [0, 0.1) is 11.8 Å². The third-order valence-electron chi connectivity index (χ3n) is 4.23. The van der Waals surface area contributed by atoms with Gasteiger partial charge in [-0.15, -0.1) is 11.3 Å². The quantitative estimate of drug-likeness (QED) is 0.450. The topological polar surface area (TPSA) is 51.2 Å². The molecule has 1 aromatic heterocycles. The van der Waals surface area contributed by atoms with E-state index in [0.717, 1.165) is 16.8 Å². The van der Waals surface area contributed by atoms with E-state index in [9.17, 15) is 4.79 Å². The zero-order chi connectivity index (χ0) is 20.6. The minimum absolute atomic E-state index is 0.186. The Balaban J connectivity index is 1.38. The monoisotopic (exact) mass is 410 g/mol. The van der Waals surface area contributed by atoms with Gasteiger partial charge in [0.05, 0.1) is 11.2 Å².